The second-order valence-electron chi connectivity index (χ2n) is 4.58. The minimum absolute atomic E-state index is 0.107. The molecule has 0 radical (unpaired) electrons. The molecule has 3 nitrogen and oxygen atoms in total. The van der Waals surface area contributed by atoms with Gasteiger partial charge in [0.2, 0.25) is 0 Å². The van der Waals surface area contributed by atoms with Gasteiger partial charge in [-0.25, -0.2) is 0 Å². The summed E-state index contributed by atoms with van der Waals surface area (Å²) in [4.78, 5) is 11.2. The maximum atomic E-state index is 11.2. The Balaban J connectivity index is 2.26. The first kappa shape index (κ1) is 11.0. The number of benzene rings is 1. The number of carboxylic acid groups (broad SMARTS) is 1. The van der Waals surface area contributed by atoms with E-state index in [1.54, 1.807) is 0 Å². The molecule has 0 unspecified atom stereocenters. The average molecular weight is 220 g/mol. The van der Waals surface area contributed by atoms with Gasteiger partial charge in [-0.2, -0.15) is 0 Å². The lowest BCUT2D eigenvalue weighted by atomic mass is 9.96. The quantitative estimate of drug-likeness (QED) is 0.848. The molecule has 0 bridgehead atoms. The van der Waals surface area contributed by atoms with Gasteiger partial charge in [-0.05, 0) is 44.4 Å². The zero-order valence-corrected chi connectivity index (χ0v) is 9.56. The molecule has 1 aromatic rings. The van der Waals surface area contributed by atoms with Crippen molar-refractivity contribution in [1.82, 2.24) is 0 Å². The molecule has 1 aliphatic carbocycles. The molecule has 1 aromatic carbocycles. The van der Waals surface area contributed by atoms with Gasteiger partial charge in [-0.1, -0.05) is 12.1 Å². The van der Waals surface area contributed by atoms with Gasteiger partial charge in [0, 0.05) is 0 Å². The predicted octanol–water partition coefficient (Wildman–Crippen LogP) is 2.59. The third-order valence-electron chi connectivity index (χ3n) is 2.92. The predicted molar refractivity (Wildman–Crippen MR) is 60.8 cm³/mol. The van der Waals surface area contributed by atoms with Gasteiger partial charge in [0.05, 0.1) is 11.5 Å². The first-order chi connectivity index (χ1) is 7.54. The van der Waals surface area contributed by atoms with Crippen molar-refractivity contribution in [3.8, 4) is 5.75 Å². The lowest BCUT2D eigenvalue weighted by molar-refractivity contribution is -0.140. The van der Waals surface area contributed by atoms with Crippen LogP contribution in [0, 0.1) is 0 Å². The number of rotatable bonds is 4. The molecule has 1 N–H and O–H groups in total. The lowest BCUT2D eigenvalue weighted by Gasteiger charge is -2.14. The Hall–Kier alpha value is -1.51. The third-order valence-corrected chi connectivity index (χ3v) is 2.92. The Bertz CT molecular complexity index is 405. The van der Waals surface area contributed by atoms with E-state index in [2.05, 4.69) is 0 Å². The zero-order valence-electron chi connectivity index (χ0n) is 9.56. The minimum Gasteiger partial charge on any atom is -0.491 e. The summed E-state index contributed by atoms with van der Waals surface area (Å²) in [5.41, 5.74) is 0.217. The first-order valence-electron chi connectivity index (χ1n) is 5.55. The molecule has 0 aliphatic heterocycles. The van der Waals surface area contributed by atoms with Crippen LogP contribution >= 0.6 is 0 Å². The summed E-state index contributed by atoms with van der Waals surface area (Å²) in [6.07, 6.45) is 1.57. The molecule has 3 heteroatoms. The van der Waals surface area contributed by atoms with Gasteiger partial charge in [0.1, 0.15) is 5.75 Å². The molecule has 1 saturated carbocycles. The van der Waals surface area contributed by atoms with Crippen molar-refractivity contribution in [3.63, 3.8) is 0 Å². The summed E-state index contributed by atoms with van der Waals surface area (Å²) in [5, 5.41) is 9.19. The topological polar surface area (TPSA) is 46.5 Å². The lowest BCUT2D eigenvalue weighted by Crippen LogP contribution is -2.19. The highest BCUT2D eigenvalue weighted by molar-refractivity contribution is 5.85. The van der Waals surface area contributed by atoms with Crippen molar-refractivity contribution in [3.05, 3.63) is 29.8 Å². The molecule has 2 rings (SSSR count). The highest BCUT2D eigenvalue weighted by Crippen LogP contribution is 2.49. The van der Waals surface area contributed by atoms with E-state index in [0.717, 1.165) is 24.2 Å². The number of carboxylic acids is 1. The van der Waals surface area contributed by atoms with Crippen LogP contribution in [0.15, 0.2) is 24.3 Å². The van der Waals surface area contributed by atoms with E-state index in [9.17, 15) is 9.90 Å². The second-order valence-corrected chi connectivity index (χ2v) is 4.58. The van der Waals surface area contributed by atoms with E-state index < -0.39 is 11.4 Å². The fraction of sp³-hybridized carbons (Fsp3) is 0.462. The van der Waals surface area contributed by atoms with E-state index in [1.165, 1.54) is 0 Å². The maximum Gasteiger partial charge on any atom is 0.314 e. The van der Waals surface area contributed by atoms with Crippen LogP contribution in [0.5, 0.6) is 5.75 Å². The molecule has 1 aliphatic rings. The first-order valence-corrected chi connectivity index (χ1v) is 5.55. The Kier molecular flexibility index (Phi) is 2.62. The van der Waals surface area contributed by atoms with Gasteiger partial charge in [-0.15, -0.1) is 0 Å². The second kappa shape index (κ2) is 3.81. The summed E-state index contributed by atoms with van der Waals surface area (Å²) >= 11 is 0. The van der Waals surface area contributed by atoms with Gasteiger partial charge < -0.3 is 9.84 Å². The van der Waals surface area contributed by atoms with Crippen LogP contribution in [0.3, 0.4) is 0 Å². The van der Waals surface area contributed by atoms with Crippen molar-refractivity contribution in [2.24, 2.45) is 0 Å². The highest BCUT2D eigenvalue weighted by Gasteiger charge is 2.51. The molecule has 0 saturated heterocycles. The van der Waals surface area contributed by atoms with Gasteiger partial charge in [-0.3, -0.25) is 4.79 Å². The molecular formula is C13H16O3. The van der Waals surface area contributed by atoms with Crippen LogP contribution < -0.4 is 4.74 Å². The fourth-order valence-corrected chi connectivity index (χ4v) is 1.89. The number of ether oxygens (including phenoxy) is 1. The summed E-state index contributed by atoms with van der Waals surface area (Å²) in [6, 6.07) is 7.44. The number of carbonyl (C=O) groups is 1. The van der Waals surface area contributed by atoms with Crippen molar-refractivity contribution < 1.29 is 14.6 Å². The number of hydrogen-bond acceptors (Lipinski definition) is 2. The van der Waals surface area contributed by atoms with Crippen LogP contribution in [0.1, 0.15) is 32.3 Å². The van der Waals surface area contributed by atoms with Gasteiger partial charge in [0.15, 0.2) is 0 Å². The van der Waals surface area contributed by atoms with E-state index in [1.807, 2.05) is 38.1 Å². The number of aliphatic carboxylic acids is 1. The normalized spacial score (nSPS) is 17.2. The molecule has 0 aromatic heterocycles. The largest absolute Gasteiger partial charge is 0.491 e. The van der Waals surface area contributed by atoms with Gasteiger partial charge in [0.25, 0.3) is 0 Å². The molecular weight excluding hydrogens is 204 g/mol. The zero-order chi connectivity index (χ0) is 11.8. The van der Waals surface area contributed by atoms with Crippen LogP contribution in [0.4, 0.5) is 0 Å². The Morgan fingerprint density at radius 2 is 2.12 bits per heavy atom. The Morgan fingerprint density at radius 3 is 2.62 bits per heavy atom. The van der Waals surface area contributed by atoms with E-state index in [-0.39, 0.29) is 6.10 Å². The van der Waals surface area contributed by atoms with E-state index in [4.69, 9.17) is 4.74 Å². The van der Waals surface area contributed by atoms with Crippen LogP contribution in [-0.4, -0.2) is 17.2 Å². The minimum atomic E-state index is -0.728. The van der Waals surface area contributed by atoms with Crippen LogP contribution in [0.25, 0.3) is 0 Å². The average Bonchev–Trinajstić information content (AvgIpc) is 2.97. The smallest absolute Gasteiger partial charge is 0.314 e. The summed E-state index contributed by atoms with van der Waals surface area (Å²) < 4.78 is 5.56. The standard InChI is InChI=1S/C13H16O3/c1-9(2)16-11-5-3-4-10(8-11)13(6-7-13)12(14)15/h3-5,8-9H,6-7H2,1-2H3,(H,14,15). The fourth-order valence-electron chi connectivity index (χ4n) is 1.89. The highest BCUT2D eigenvalue weighted by atomic mass is 16.5. The van der Waals surface area contributed by atoms with Crippen LogP contribution in [-0.2, 0) is 10.2 Å². The van der Waals surface area contributed by atoms with Crippen molar-refractivity contribution >= 4 is 5.97 Å². The molecule has 1 fully saturated rings. The molecule has 0 atom stereocenters. The van der Waals surface area contributed by atoms with E-state index in [0.29, 0.717) is 0 Å². The summed E-state index contributed by atoms with van der Waals surface area (Å²) in [7, 11) is 0. The third kappa shape index (κ3) is 1.90. The molecule has 0 spiro atoms. The molecule has 0 amide bonds. The number of hydrogen-bond donors (Lipinski definition) is 1. The SMILES string of the molecule is CC(C)Oc1cccc(C2(C(=O)O)CC2)c1. The molecule has 16 heavy (non-hydrogen) atoms. The monoisotopic (exact) mass is 220 g/mol. The van der Waals surface area contributed by atoms with Crippen LogP contribution in [0.2, 0.25) is 0 Å². The summed E-state index contributed by atoms with van der Waals surface area (Å²) in [5.74, 6) is 0.0224. The van der Waals surface area contributed by atoms with Crippen molar-refractivity contribution in [2.75, 3.05) is 0 Å². The van der Waals surface area contributed by atoms with Crippen molar-refractivity contribution in [1.29, 1.82) is 0 Å². The van der Waals surface area contributed by atoms with E-state index >= 15 is 0 Å². The Morgan fingerprint density at radius 1 is 1.44 bits per heavy atom. The van der Waals surface area contributed by atoms with Gasteiger partial charge >= 0.3 is 5.97 Å². The summed E-state index contributed by atoms with van der Waals surface area (Å²) in [6.45, 7) is 3.91. The van der Waals surface area contributed by atoms with Crippen molar-refractivity contribution in [2.45, 2.75) is 38.2 Å². The Labute approximate surface area is 95.0 Å². The molecule has 86 valence electrons. The molecule has 0 heterocycles. The maximum absolute atomic E-state index is 11.2.